The first-order chi connectivity index (χ1) is 42.0. The number of halogens is 4. The number of amides is 10. The Hall–Kier alpha value is -7.76. The van der Waals surface area contributed by atoms with Crippen LogP contribution in [0.15, 0.2) is 60.8 Å². The number of imide groups is 2. The lowest BCUT2D eigenvalue weighted by Gasteiger charge is -2.39. The van der Waals surface area contributed by atoms with E-state index in [1.165, 1.54) is 28.1 Å². The molecule has 4 aromatic rings. The van der Waals surface area contributed by atoms with Crippen LogP contribution < -0.4 is 32.3 Å². The second kappa shape index (κ2) is 26.7. The van der Waals surface area contributed by atoms with Gasteiger partial charge in [0.1, 0.15) is 36.0 Å². The molecule has 9 N–H and O–H groups in total. The van der Waals surface area contributed by atoms with Gasteiger partial charge in [0.05, 0.1) is 22.5 Å². The molecule has 2 aromatic carbocycles. The quantitative estimate of drug-likeness (QED) is 0.0337. The fourth-order valence-electron chi connectivity index (χ4n) is 11.9. The molecule has 10 amide bonds. The van der Waals surface area contributed by atoms with Gasteiger partial charge in [0, 0.05) is 94.1 Å². The number of pyridine rings is 1. The van der Waals surface area contributed by atoms with Crippen LogP contribution >= 0.6 is 18.9 Å². The summed E-state index contributed by atoms with van der Waals surface area (Å²) in [5.41, 5.74) is 1.55. The molecule has 0 bridgehead atoms. The second-order valence-electron chi connectivity index (χ2n) is 23.8. The van der Waals surface area contributed by atoms with Crippen molar-refractivity contribution in [2.24, 2.45) is 5.73 Å². The number of benzene rings is 2. The Morgan fingerprint density at radius 2 is 1.56 bits per heavy atom. The van der Waals surface area contributed by atoms with E-state index in [-0.39, 0.29) is 108 Å². The van der Waals surface area contributed by atoms with Crippen molar-refractivity contribution in [3.63, 3.8) is 0 Å². The lowest BCUT2D eigenvalue weighted by atomic mass is 9.86. The number of hydrogen-bond acceptors (Lipinski definition) is 16. The molecule has 0 aliphatic carbocycles. The van der Waals surface area contributed by atoms with Crippen LogP contribution in [0.5, 0.6) is 0 Å². The monoisotopic (exact) mass is 1280 g/mol. The van der Waals surface area contributed by atoms with E-state index >= 15 is 0 Å². The van der Waals surface area contributed by atoms with Gasteiger partial charge in [0.25, 0.3) is 24.1 Å². The summed E-state index contributed by atoms with van der Waals surface area (Å²) in [5, 5.41) is 13.4. The minimum absolute atomic E-state index is 0.00170. The summed E-state index contributed by atoms with van der Waals surface area (Å²) < 4.78 is 69.0. The van der Waals surface area contributed by atoms with E-state index in [0.29, 0.717) is 25.2 Å². The van der Waals surface area contributed by atoms with Crippen molar-refractivity contribution in [1.82, 2.24) is 50.8 Å². The van der Waals surface area contributed by atoms with E-state index < -0.39 is 140 Å². The van der Waals surface area contributed by atoms with Crippen molar-refractivity contribution in [3.8, 4) is 0 Å². The van der Waals surface area contributed by atoms with Crippen molar-refractivity contribution in [2.75, 3.05) is 64.2 Å². The average molecular weight is 1280 g/mol. The van der Waals surface area contributed by atoms with Gasteiger partial charge in [-0.25, -0.2) is 13.8 Å². The summed E-state index contributed by atoms with van der Waals surface area (Å²) in [6, 6.07) is 5.42. The molecule has 7 heterocycles. The predicted octanol–water partition coefficient (Wildman–Crippen LogP) is 2.38. The number of nitrogens with two attached hydrogens (primary N) is 1. The number of rotatable bonds is 21. The Kier molecular flexibility index (Phi) is 19.7. The summed E-state index contributed by atoms with van der Waals surface area (Å²) in [7, 11) is -5.94. The maximum atomic E-state index is 14.8. The molecule has 5 aliphatic rings. The maximum Gasteiger partial charge on any atom is 0.399 e. The van der Waals surface area contributed by atoms with E-state index in [9.17, 15) is 79.9 Å². The number of nitrogens with one attached hydrogen (secondary N) is 5. The number of hydrogen-bond donors (Lipinski definition) is 8. The van der Waals surface area contributed by atoms with Crippen molar-refractivity contribution in [3.05, 3.63) is 93.5 Å². The van der Waals surface area contributed by atoms with Crippen LogP contribution in [0.1, 0.15) is 113 Å². The molecular formula is C58H69F4N12O13PS. The highest BCUT2D eigenvalue weighted by atomic mass is 32.1. The van der Waals surface area contributed by atoms with E-state index in [1.54, 1.807) is 4.90 Å². The van der Waals surface area contributed by atoms with Crippen molar-refractivity contribution in [1.29, 1.82) is 0 Å². The number of nitrogens with zero attached hydrogens (tertiary/aromatic N) is 6. The number of carbonyl (C=O) groups is 10. The van der Waals surface area contributed by atoms with E-state index in [0.717, 1.165) is 40.0 Å². The fourth-order valence-corrected chi connectivity index (χ4v) is 13.3. The SMILES string of the molecule is CC(C)(C)c1ccc(C[C@H](NC(=O)[C@H](CCC(N)=O)NC(=O)[C@@H]2CC[C@@H]3CCN(CC(F)F)C[C@H](NC(=O)c4cc5cc(C(F)(F)P(=O)(O)O)ccc5s4)C(=O)N32)C(=O)N2CCN(CCNc3nccc4c3C(=O)N(C3CCC(=O)NC3=O)C4=O)CC2)cc1. The third-order valence-corrected chi connectivity index (χ3v) is 18.8. The summed E-state index contributed by atoms with van der Waals surface area (Å²) >= 11 is 0.803. The van der Waals surface area contributed by atoms with Crippen molar-refractivity contribution < 1.29 is 79.9 Å². The molecular weight excluding hydrogens is 1210 g/mol. The molecule has 4 saturated heterocycles. The normalized spacial score (nSPS) is 21.2. The first kappa shape index (κ1) is 65.7. The van der Waals surface area contributed by atoms with Crippen LogP contribution in [0.2, 0.25) is 0 Å². The zero-order valence-corrected chi connectivity index (χ0v) is 50.6. The van der Waals surface area contributed by atoms with Gasteiger partial charge in [0.2, 0.25) is 41.4 Å². The van der Waals surface area contributed by atoms with E-state index in [1.807, 2.05) is 49.9 Å². The number of fused-ring (bicyclic) bond motifs is 3. The molecule has 89 heavy (non-hydrogen) atoms. The van der Waals surface area contributed by atoms with Crippen LogP contribution in [-0.2, 0) is 55.6 Å². The van der Waals surface area contributed by atoms with Crippen LogP contribution in [-0.4, -0.2) is 200 Å². The highest BCUT2D eigenvalue weighted by Gasteiger charge is 2.51. The Balaban J connectivity index is 0.879. The number of piperazine rings is 1. The van der Waals surface area contributed by atoms with Gasteiger partial charge in [-0.1, -0.05) is 51.1 Å². The smallest absolute Gasteiger partial charge is 0.370 e. The molecule has 6 atom stereocenters. The third kappa shape index (κ3) is 14.8. The standard InChI is InChI=1S/C58H69F4N12O13PS/c1-57(2,3)33-6-4-31(5-7-33)26-38(54(82)72-24-22-70(23-25-72)21-19-65-48-47-36(16-18-64-48)53(81)74(56(47)84)41-12-15-46(76)69-51(41)79)67-49(77)37(10-14-45(63)75)66-50(78)40-11-9-35-17-20-71(30-44(59)60)29-39(55(83)73(35)40)68-52(80)43-28-32-27-34(8-13-42(32)89-43)58(61,62)88(85,86)87/h4-8,13,16,18,27-28,35,37-41,44H,9-12,14-15,17,19-26,29-30H2,1-3H3,(H2,63,75)(H,64,65)(H,66,78)(H,67,77)(H,68,80)(H,69,76,79)(H2,85,86,87)/t35-,37+,38+,39+,40+,41?/m1/s1. The molecule has 4 fully saturated rings. The highest BCUT2D eigenvalue weighted by Crippen LogP contribution is 2.59. The van der Waals surface area contributed by atoms with Gasteiger partial charge in [-0.15, -0.1) is 11.3 Å². The van der Waals surface area contributed by atoms with Gasteiger partial charge < -0.3 is 46.6 Å². The lowest BCUT2D eigenvalue weighted by molar-refractivity contribution is -0.144. The lowest BCUT2D eigenvalue weighted by Crippen LogP contribution is -2.62. The molecule has 9 rings (SSSR count). The number of aromatic nitrogens is 1. The summed E-state index contributed by atoms with van der Waals surface area (Å²) in [4.78, 5) is 166. The summed E-state index contributed by atoms with van der Waals surface area (Å²) in [6.45, 7) is 6.76. The number of primary amides is 1. The summed E-state index contributed by atoms with van der Waals surface area (Å²) in [6.07, 6.45) is -1.86. The molecule has 2 aromatic heterocycles. The average Bonchev–Trinajstić information content (AvgIpc) is 1.72. The Bertz CT molecular complexity index is 3500. The number of thiophene rings is 1. The van der Waals surface area contributed by atoms with Gasteiger partial charge in [-0.2, -0.15) is 8.78 Å². The predicted molar refractivity (Wildman–Crippen MR) is 313 cm³/mol. The second-order valence-corrected chi connectivity index (χ2v) is 26.5. The fraction of sp³-hybridized carbons (Fsp3) is 0.500. The van der Waals surface area contributed by atoms with Crippen LogP contribution in [0.4, 0.5) is 23.4 Å². The molecule has 31 heteroatoms. The third-order valence-electron chi connectivity index (χ3n) is 16.7. The van der Waals surface area contributed by atoms with Gasteiger partial charge >= 0.3 is 13.3 Å². The first-order valence-electron chi connectivity index (χ1n) is 29.0. The number of anilines is 1. The zero-order valence-electron chi connectivity index (χ0n) is 48.8. The zero-order chi connectivity index (χ0) is 64.4. The van der Waals surface area contributed by atoms with Gasteiger partial charge in [-0.05, 0) is 78.3 Å². The van der Waals surface area contributed by atoms with Crippen LogP contribution in [0, 0.1) is 0 Å². The first-order valence-corrected chi connectivity index (χ1v) is 31.5. The molecule has 478 valence electrons. The van der Waals surface area contributed by atoms with Gasteiger partial charge in [-0.3, -0.25) is 72.5 Å². The Morgan fingerprint density at radius 1 is 0.854 bits per heavy atom. The van der Waals surface area contributed by atoms with Crippen LogP contribution in [0.25, 0.3) is 10.1 Å². The Morgan fingerprint density at radius 3 is 2.22 bits per heavy atom. The minimum atomic E-state index is -5.94. The number of alkyl halides is 4. The molecule has 25 nitrogen and oxygen atoms in total. The Labute approximate surface area is 512 Å². The largest absolute Gasteiger partial charge is 0.399 e. The topological polar surface area (TPSA) is 343 Å². The molecule has 0 spiro atoms. The van der Waals surface area contributed by atoms with E-state index in [4.69, 9.17) is 5.73 Å². The number of carbonyl (C=O) groups excluding carboxylic acids is 10. The molecule has 0 saturated carbocycles. The van der Waals surface area contributed by atoms with Gasteiger partial charge in [0.15, 0.2) is 0 Å². The molecule has 5 aliphatic heterocycles. The minimum Gasteiger partial charge on any atom is -0.370 e. The highest BCUT2D eigenvalue weighted by molar-refractivity contribution is 7.52. The van der Waals surface area contributed by atoms with E-state index in [2.05, 4.69) is 31.6 Å². The maximum absolute atomic E-state index is 14.8. The van der Waals surface area contributed by atoms with Crippen molar-refractivity contribution >= 4 is 93.9 Å². The van der Waals surface area contributed by atoms with Crippen LogP contribution in [0.3, 0.4) is 0 Å². The molecule has 1 unspecified atom stereocenters. The number of piperidine rings is 1. The molecule has 0 radical (unpaired) electrons. The summed E-state index contributed by atoms with van der Waals surface area (Å²) in [5.74, 6) is -7.20. The van der Waals surface area contributed by atoms with Crippen molar-refractivity contribution in [2.45, 2.75) is 126 Å².